The fourth-order valence-corrected chi connectivity index (χ4v) is 3.77. The van der Waals surface area contributed by atoms with Crippen LogP contribution in [-0.4, -0.2) is 45.9 Å². The Morgan fingerprint density at radius 2 is 2.04 bits per heavy atom. The number of benzene rings is 1. The molecule has 1 aliphatic heterocycles. The van der Waals surface area contributed by atoms with Crippen molar-refractivity contribution in [1.29, 1.82) is 0 Å². The van der Waals surface area contributed by atoms with Crippen molar-refractivity contribution in [2.75, 3.05) is 44.9 Å². The predicted octanol–water partition coefficient (Wildman–Crippen LogP) is 2.31. The second kappa shape index (κ2) is 8.22. The highest BCUT2D eigenvalue weighted by Crippen LogP contribution is 2.36. The zero-order valence-electron chi connectivity index (χ0n) is 14.2. The van der Waals surface area contributed by atoms with Crippen LogP contribution in [0.3, 0.4) is 0 Å². The van der Waals surface area contributed by atoms with E-state index in [9.17, 15) is 4.79 Å². The molecule has 0 aliphatic carbocycles. The molecule has 25 heavy (non-hydrogen) atoms. The van der Waals surface area contributed by atoms with Crippen LogP contribution in [0.4, 0.5) is 5.00 Å². The number of rotatable bonds is 7. The summed E-state index contributed by atoms with van der Waals surface area (Å²) in [6.07, 6.45) is 0.685. The normalized spacial score (nSPS) is 14.4. The van der Waals surface area contributed by atoms with E-state index in [0.29, 0.717) is 36.9 Å². The highest BCUT2D eigenvalue weighted by Gasteiger charge is 2.20. The summed E-state index contributed by atoms with van der Waals surface area (Å²) in [5, 5.41) is 0.990. The van der Waals surface area contributed by atoms with Crippen LogP contribution >= 0.6 is 11.3 Å². The number of nitrogens with zero attached hydrogens (tertiary/aromatic N) is 1. The van der Waals surface area contributed by atoms with Gasteiger partial charge in [0.15, 0.2) is 0 Å². The van der Waals surface area contributed by atoms with Gasteiger partial charge in [-0.05, 0) is 11.6 Å². The maximum absolute atomic E-state index is 11.7. The molecule has 1 amide bonds. The van der Waals surface area contributed by atoms with E-state index < -0.39 is 5.91 Å². The summed E-state index contributed by atoms with van der Waals surface area (Å²) in [6, 6.07) is 9.73. The third kappa shape index (κ3) is 4.24. The van der Waals surface area contributed by atoms with E-state index in [4.69, 9.17) is 19.9 Å². The summed E-state index contributed by atoms with van der Waals surface area (Å²) in [4.78, 5) is 14.4. The lowest BCUT2D eigenvalue weighted by atomic mass is 10.1. The lowest BCUT2D eigenvalue weighted by molar-refractivity contribution is 0.100. The molecule has 1 aromatic heterocycles. The molecule has 3 rings (SSSR count). The van der Waals surface area contributed by atoms with Gasteiger partial charge in [0, 0.05) is 25.6 Å². The molecule has 2 heterocycles. The Morgan fingerprint density at radius 3 is 2.76 bits per heavy atom. The predicted molar refractivity (Wildman–Crippen MR) is 98.1 cm³/mol. The number of nitrogens with two attached hydrogens (primary N) is 1. The van der Waals surface area contributed by atoms with Gasteiger partial charge >= 0.3 is 0 Å². The van der Waals surface area contributed by atoms with E-state index in [0.717, 1.165) is 29.4 Å². The second-order valence-electron chi connectivity index (χ2n) is 5.65. The lowest BCUT2D eigenvalue weighted by Crippen LogP contribution is -2.35. The Bertz CT molecular complexity index is 726. The van der Waals surface area contributed by atoms with Crippen molar-refractivity contribution in [3.63, 3.8) is 0 Å². The fraction of sp³-hybridized carbons (Fsp3) is 0.389. The number of ether oxygens (including phenoxy) is 3. The van der Waals surface area contributed by atoms with E-state index >= 15 is 0 Å². The van der Waals surface area contributed by atoms with Crippen molar-refractivity contribution in [1.82, 2.24) is 0 Å². The van der Waals surface area contributed by atoms with Gasteiger partial charge in [-0.15, -0.1) is 11.3 Å². The largest absolute Gasteiger partial charge is 0.496 e. The SMILES string of the molecule is COc1ccccc1CCOc1cc(N2CCOCC2)sc1C(N)=O. The third-order valence-corrected chi connectivity index (χ3v) is 5.24. The van der Waals surface area contributed by atoms with Crippen LogP contribution in [0.2, 0.25) is 0 Å². The molecule has 1 aromatic carbocycles. The van der Waals surface area contributed by atoms with Crippen LogP contribution < -0.4 is 20.1 Å². The van der Waals surface area contributed by atoms with Crippen LogP contribution in [-0.2, 0) is 11.2 Å². The highest BCUT2D eigenvalue weighted by atomic mass is 32.1. The summed E-state index contributed by atoms with van der Waals surface area (Å²) in [6.45, 7) is 3.43. The van der Waals surface area contributed by atoms with Crippen molar-refractivity contribution in [2.24, 2.45) is 5.73 Å². The number of hydrogen-bond acceptors (Lipinski definition) is 6. The highest BCUT2D eigenvalue weighted by molar-refractivity contribution is 7.18. The van der Waals surface area contributed by atoms with Gasteiger partial charge in [0.1, 0.15) is 16.4 Å². The lowest BCUT2D eigenvalue weighted by Gasteiger charge is -2.27. The zero-order valence-corrected chi connectivity index (χ0v) is 15.0. The maximum Gasteiger partial charge on any atom is 0.262 e. The maximum atomic E-state index is 11.7. The Kier molecular flexibility index (Phi) is 5.78. The van der Waals surface area contributed by atoms with Crippen molar-refractivity contribution in [2.45, 2.75) is 6.42 Å². The second-order valence-corrected chi connectivity index (χ2v) is 6.68. The van der Waals surface area contributed by atoms with Gasteiger partial charge in [-0.1, -0.05) is 18.2 Å². The smallest absolute Gasteiger partial charge is 0.262 e. The molecular formula is C18H22N2O4S. The van der Waals surface area contributed by atoms with Crippen molar-refractivity contribution < 1.29 is 19.0 Å². The van der Waals surface area contributed by atoms with Crippen LogP contribution in [0.1, 0.15) is 15.2 Å². The number of thiophene rings is 1. The van der Waals surface area contributed by atoms with Gasteiger partial charge in [0.2, 0.25) is 0 Å². The average molecular weight is 362 g/mol. The molecule has 1 aliphatic rings. The third-order valence-electron chi connectivity index (χ3n) is 4.05. The first kappa shape index (κ1) is 17.6. The molecule has 1 fully saturated rings. The molecule has 0 atom stereocenters. The van der Waals surface area contributed by atoms with E-state index in [1.807, 2.05) is 30.3 Å². The molecule has 0 spiro atoms. The number of primary amides is 1. The van der Waals surface area contributed by atoms with E-state index in [2.05, 4.69) is 4.90 Å². The fourth-order valence-electron chi connectivity index (χ4n) is 2.76. The van der Waals surface area contributed by atoms with Gasteiger partial charge < -0.3 is 24.8 Å². The van der Waals surface area contributed by atoms with Crippen molar-refractivity contribution in [3.05, 3.63) is 40.8 Å². The number of hydrogen-bond donors (Lipinski definition) is 1. The minimum Gasteiger partial charge on any atom is -0.496 e. The van der Waals surface area contributed by atoms with Crippen LogP contribution in [0.25, 0.3) is 0 Å². The number of amides is 1. The Labute approximate surface area is 151 Å². The summed E-state index contributed by atoms with van der Waals surface area (Å²) < 4.78 is 16.6. The minimum atomic E-state index is -0.461. The molecule has 1 saturated heterocycles. The first-order valence-electron chi connectivity index (χ1n) is 8.20. The first-order chi connectivity index (χ1) is 12.2. The molecule has 6 nitrogen and oxygen atoms in total. The van der Waals surface area contributed by atoms with Gasteiger partial charge in [-0.25, -0.2) is 0 Å². The Morgan fingerprint density at radius 1 is 1.28 bits per heavy atom. The number of para-hydroxylation sites is 1. The molecule has 0 bridgehead atoms. The molecular weight excluding hydrogens is 340 g/mol. The molecule has 7 heteroatoms. The quantitative estimate of drug-likeness (QED) is 0.818. The summed E-state index contributed by atoms with van der Waals surface area (Å²) >= 11 is 1.37. The van der Waals surface area contributed by atoms with Crippen molar-refractivity contribution in [3.8, 4) is 11.5 Å². The molecule has 134 valence electrons. The molecule has 0 radical (unpaired) electrons. The number of carbonyl (C=O) groups is 1. The minimum absolute atomic E-state index is 0.444. The van der Waals surface area contributed by atoms with E-state index in [-0.39, 0.29) is 0 Å². The number of carbonyl (C=O) groups excluding carboxylic acids is 1. The number of morpholine rings is 1. The standard InChI is InChI=1S/C18H22N2O4S/c1-22-14-5-3-2-4-13(14)6-9-24-15-12-16(25-17(15)18(19)21)20-7-10-23-11-8-20/h2-5,12H,6-11H2,1H3,(H2,19,21). The molecule has 2 N–H and O–H groups in total. The van der Waals surface area contributed by atoms with Gasteiger partial charge in [0.25, 0.3) is 5.91 Å². The first-order valence-corrected chi connectivity index (χ1v) is 9.01. The summed E-state index contributed by atoms with van der Waals surface area (Å²) in [5.74, 6) is 0.922. The number of anilines is 1. The Hall–Kier alpha value is -2.25. The van der Waals surface area contributed by atoms with Gasteiger partial charge in [0.05, 0.1) is 31.9 Å². The van der Waals surface area contributed by atoms with Crippen LogP contribution in [0.15, 0.2) is 30.3 Å². The topological polar surface area (TPSA) is 74.0 Å². The summed E-state index contributed by atoms with van der Waals surface area (Å²) in [7, 11) is 1.65. The molecule has 0 unspecified atom stereocenters. The zero-order chi connectivity index (χ0) is 17.6. The van der Waals surface area contributed by atoms with Crippen LogP contribution in [0, 0.1) is 0 Å². The monoisotopic (exact) mass is 362 g/mol. The molecule has 0 saturated carbocycles. The van der Waals surface area contributed by atoms with Gasteiger partial charge in [-0.3, -0.25) is 4.79 Å². The van der Waals surface area contributed by atoms with Crippen molar-refractivity contribution >= 4 is 22.2 Å². The summed E-state index contributed by atoms with van der Waals surface area (Å²) in [5.41, 5.74) is 6.58. The number of methoxy groups -OCH3 is 1. The average Bonchev–Trinajstić information content (AvgIpc) is 3.07. The van der Waals surface area contributed by atoms with Gasteiger partial charge in [-0.2, -0.15) is 0 Å². The molecule has 2 aromatic rings. The Balaban J connectivity index is 1.68. The van der Waals surface area contributed by atoms with E-state index in [1.165, 1.54) is 11.3 Å². The van der Waals surface area contributed by atoms with Crippen LogP contribution in [0.5, 0.6) is 11.5 Å². The van der Waals surface area contributed by atoms with E-state index in [1.54, 1.807) is 7.11 Å².